The van der Waals surface area contributed by atoms with E-state index in [1.165, 1.54) is 6.42 Å². The molecule has 1 saturated heterocycles. The van der Waals surface area contributed by atoms with Crippen molar-refractivity contribution in [2.24, 2.45) is 0 Å². The highest BCUT2D eigenvalue weighted by Crippen LogP contribution is 2.26. The summed E-state index contributed by atoms with van der Waals surface area (Å²) >= 11 is 6.07. The molecule has 0 aliphatic carbocycles. The van der Waals surface area contributed by atoms with Gasteiger partial charge in [0.2, 0.25) is 0 Å². The van der Waals surface area contributed by atoms with Crippen LogP contribution in [0.15, 0.2) is 12.1 Å². The number of nitrogens with zero attached hydrogens (tertiary/aromatic N) is 2. The number of piperidine rings is 1. The number of halogens is 1. The van der Waals surface area contributed by atoms with Gasteiger partial charge < -0.3 is 4.90 Å². The van der Waals surface area contributed by atoms with Crippen LogP contribution < -0.4 is 0 Å². The van der Waals surface area contributed by atoms with Crippen molar-refractivity contribution in [3.63, 3.8) is 0 Å². The maximum Gasteiger partial charge on any atom is 0.254 e. The van der Waals surface area contributed by atoms with E-state index in [-0.39, 0.29) is 11.8 Å². The molecule has 0 bridgehead atoms. The first kappa shape index (κ1) is 15.3. The fraction of sp³-hybridized carbons (Fsp3) is 0.625. The maximum atomic E-state index is 12.8. The molecule has 2 heterocycles. The van der Waals surface area contributed by atoms with Gasteiger partial charge in [0.25, 0.3) is 5.91 Å². The van der Waals surface area contributed by atoms with Gasteiger partial charge in [0.1, 0.15) is 5.15 Å². The Bertz CT molecular complexity index is 491. The van der Waals surface area contributed by atoms with E-state index in [0.717, 1.165) is 18.5 Å². The van der Waals surface area contributed by atoms with E-state index in [1.54, 1.807) is 6.07 Å². The average Bonchev–Trinajstić information content (AvgIpc) is 2.37. The van der Waals surface area contributed by atoms with Gasteiger partial charge in [-0.05, 0) is 51.2 Å². The number of amides is 1. The summed E-state index contributed by atoms with van der Waals surface area (Å²) in [4.78, 5) is 19.1. The zero-order valence-corrected chi connectivity index (χ0v) is 13.4. The molecule has 4 heteroatoms. The Morgan fingerprint density at radius 3 is 2.45 bits per heavy atom. The summed E-state index contributed by atoms with van der Waals surface area (Å²) < 4.78 is 0. The van der Waals surface area contributed by atoms with E-state index < -0.39 is 0 Å². The highest BCUT2D eigenvalue weighted by atomic mass is 35.5. The van der Waals surface area contributed by atoms with Gasteiger partial charge in [0.05, 0.1) is 0 Å². The third-order valence-corrected chi connectivity index (χ3v) is 4.27. The van der Waals surface area contributed by atoms with Crippen molar-refractivity contribution in [2.45, 2.75) is 65.0 Å². The van der Waals surface area contributed by atoms with Crippen LogP contribution in [-0.4, -0.2) is 27.9 Å². The van der Waals surface area contributed by atoms with Crippen LogP contribution in [0.3, 0.4) is 0 Å². The number of likely N-dealkylation sites (tertiary alicyclic amines) is 1. The van der Waals surface area contributed by atoms with Gasteiger partial charge in [0, 0.05) is 23.3 Å². The molecule has 0 spiro atoms. The molecule has 2 unspecified atom stereocenters. The fourth-order valence-electron chi connectivity index (χ4n) is 2.91. The Morgan fingerprint density at radius 1 is 1.30 bits per heavy atom. The monoisotopic (exact) mass is 294 g/mol. The Hall–Kier alpha value is -1.09. The van der Waals surface area contributed by atoms with Crippen molar-refractivity contribution in [1.29, 1.82) is 0 Å². The van der Waals surface area contributed by atoms with Gasteiger partial charge in [-0.1, -0.05) is 25.4 Å². The molecule has 2 atom stereocenters. The van der Waals surface area contributed by atoms with E-state index in [2.05, 4.69) is 32.7 Å². The lowest BCUT2D eigenvalue weighted by Gasteiger charge is -2.39. The zero-order chi connectivity index (χ0) is 14.9. The smallest absolute Gasteiger partial charge is 0.254 e. The highest BCUT2D eigenvalue weighted by Gasteiger charge is 2.30. The number of pyridine rings is 1. The predicted octanol–water partition coefficient (Wildman–Crippen LogP) is 4.26. The van der Waals surface area contributed by atoms with E-state index in [9.17, 15) is 4.79 Å². The van der Waals surface area contributed by atoms with Crippen molar-refractivity contribution in [3.8, 4) is 0 Å². The molecular formula is C16H23ClN2O. The molecule has 3 nitrogen and oxygen atoms in total. The lowest BCUT2D eigenvalue weighted by Crippen LogP contribution is -2.47. The van der Waals surface area contributed by atoms with Crippen molar-refractivity contribution in [1.82, 2.24) is 9.88 Å². The highest BCUT2D eigenvalue weighted by molar-refractivity contribution is 6.29. The molecule has 1 aliphatic rings. The van der Waals surface area contributed by atoms with Gasteiger partial charge in [0.15, 0.2) is 0 Å². The topological polar surface area (TPSA) is 33.2 Å². The molecule has 1 aliphatic heterocycles. The van der Waals surface area contributed by atoms with E-state index in [4.69, 9.17) is 11.6 Å². The lowest BCUT2D eigenvalue weighted by atomic mass is 9.96. The summed E-state index contributed by atoms with van der Waals surface area (Å²) in [6.45, 7) is 8.36. The van der Waals surface area contributed by atoms with Crippen molar-refractivity contribution in [2.75, 3.05) is 0 Å². The summed E-state index contributed by atoms with van der Waals surface area (Å²) in [6.07, 6.45) is 3.35. The molecule has 1 aromatic heterocycles. The van der Waals surface area contributed by atoms with Crippen LogP contribution in [0.2, 0.25) is 5.15 Å². The van der Waals surface area contributed by atoms with Crippen LogP contribution in [0.25, 0.3) is 0 Å². The number of rotatable bonds is 2. The van der Waals surface area contributed by atoms with E-state index >= 15 is 0 Å². The van der Waals surface area contributed by atoms with Crippen LogP contribution >= 0.6 is 11.6 Å². The van der Waals surface area contributed by atoms with Crippen LogP contribution in [0.4, 0.5) is 0 Å². The number of hydrogen-bond acceptors (Lipinski definition) is 2. The summed E-state index contributed by atoms with van der Waals surface area (Å²) in [7, 11) is 0. The molecule has 1 aromatic rings. The molecule has 0 N–H and O–H groups in total. The summed E-state index contributed by atoms with van der Waals surface area (Å²) in [5, 5.41) is 0.400. The number of aromatic nitrogens is 1. The quantitative estimate of drug-likeness (QED) is 0.764. The van der Waals surface area contributed by atoms with Gasteiger partial charge in [-0.3, -0.25) is 4.79 Å². The van der Waals surface area contributed by atoms with Gasteiger partial charge >= 0.3 is 0 Å². The Kier molecular flexibility index (Phi) is 4.69. The molecule has 0 saturated carbocycles. The van der Waals surface area contributed by atoms with Crippen LogP contribution in [-0.2, 0) is 0 Å². The van der Waals surface area contributed by atoms with Crippen molar-refractivity contribution in [3.05, 3.63) is 28.5 Å². The predicted molar refractivity (Wildman–Crippen MR) is 82.3 cm³/mol. The largest absolute Gasteiger partial charge is 0.333 e. The van der Waals surface area contributed by atoms with E-state index in [0.29, 0.717) is 22.8 Å². The standard InChI is InChI=1S/C16H23ClN2O/c1-10(2)14-8-13(9-15(17)18-14)16(20)19-11(3)6-5-7-12(19)4/h8-12H,5-7H2,1-4H3. The molecular weight excluding hydrogens is 272 g/mol. The second-order valence-corrected chi connectivity index (χ2v) is 6.49. The Labute approximate surface area is 126 Å². The van der Waals surface area contributed by atoms with E-state index in [1.807, 2.05) is 11.0 Å². The average molecular weight is 295 g/mol. The molecule has 1 amide bonds. The second-order valence-electron chi connectivity index (χ2n) is 6.10. The second kappa shape index (κ2) is 6.13. The third-order valence-electron chi connectivity index (χ3n) is 4.08. The molecule has 110 valence electrons. The lowest BCUT2D eigenvalue weighted by molar-refractivity contribution is 0.0510. The van der Waals surface area contributed by atoms with Crippen LogP contribution in [0.5, 0.6) is 0 Å². The normalized spacial score (nSPS) is 23.2. The first-order chi connectivity index (χ1) is 9.40. The summed E-state index contributed by atoms with van der Waals surface area (Å²) in [6, 6.07) is 4.15. The number of carbonyl (C=O) groups excluding carboxylic acids is 1. The maximum absolute atomic E-state index is 12.8. The van der Waals surface area contributed by atoms with Gasteiger partial charge in [-0.25, -0.2) is 4.98 Å². The Morgan fingerprint density at radius 2 is 1.90 bits per heavy atom. The van der Waals surface area contributed by atoms with Crippen LogP contribution in [0.1, 0.15) is 68.9 Å². The minimum Gasteiger partial charge on any atom is -0.333 e. The van der Waals surface area contributed by atoms with Crippen LogP contribution in [0, 0.1) is 0 Å². The summed E-state index contributed by atoms with van der Waals surface area (Å²) in [5.74, 6) is 0.340. The summed E-state index contributed by atoms with van der Waals surface area (Å²) in [5.41, 5.74) is 1.53. The third kappa shape index (κ3) is 3.14. The zero-order valence-electron chi connectivity index (χ0n) is 12.7. The minimum absolute atomic E-state index is 0.0795. The number of carbonyl (C=O) groups is 1. The minimum atomic E-state index is 0.0795. The number of hydrogen-bond donors (Lipinski definition) is 0. The molecule has 20 heavy (non-hydrogen) atoms. The molecule has 1 fully saturated rings. The first-order valence-electron chi connectivity index (χ1n) is 7.40. The van der Waals surface area contributed by atoms with Crippen molar-refractivity contribution < 1.29 is 4.79 Å². The SMILES string of the molecule is CC(C)c1cc(C(=O)N2C(C)CCCC2C)cc(Cl)n1. The molecule has 0 radical (unpaired) electrons. The molecule has 0 aromatic carbocycles. The van der Waals surface area contributed by atoms with Crippen molar-refractivity contribution >= 4 is 17.5 Å². The van der Waals surface area contributed by atoms with Gasteiger partial charge in [-0.2, -0.15) is 0 Å². The first-order valence-corrected chi connectivity index (χ1v) is 7.78. The molecule has 2 rings (SSSR count). The van der Waals surface area contributed by atoms with Gasteiger partial charge in [-0.15, -0.1) is 0 Å². The Balaban J connectivity index is 2.32. The fourth-order valence-corrected chi connectivity index (χ4v) is 3.12.